The highest BCUT2D eigenvalue weighted by atomic mass is 35.5. The second-order valence-electron chi connectivity index (χ2n) is 5.20. The van der Waals surface area contributed by atoms with Crippen molar-refractivity contribution in [1.29, 1.82) is 0 Å². The van der Waals surface area contributed by atoms with Crippen molar-refractivity contribution in [2.75, 3.05) is 5.32 Å². The van der Waals surface area contributed by atoms with E-state index >= 15 is 0 Å². The number of hydrogen-bond donors (Lipinski definition) is 1. The zero-order valence-electron chi connectivity index (χ0n) is 12.9. The molecule has 0 aliphatic rings. The van der Waals surface area contributed by atoms with Gasteiger partial charge in [0.15, 0.2) is 5.69 Å². The van der Waals surface area contributed by atoms with Crippen LogP contribution in [-0.2, 0) is 7.05 Å². The summed E-state index contributed by atoms with van der Waals surface area (Å²) in [6.45, 7) is 0. The van der Waals surface area contributed by atoms with Gasteiger partial charge in [0.05, 0.1) is 10.3 Å². The molecule has 2 aromatic carbocycles. The van der Waals surface area contributed by atoms with Crippen LogP contribution in [0.3, 0.4) is 0 Å². The minimum Gasteiger partial charge on any atom is -0.320 e. The molecule has 9 heteroatoms. The van der Waals surface area contributed by atoms with Crippen LogP contribution in [0.15, 0.2) is 47.3 Å². The smallest absolute Gasteiger partial charge is 0.289 e. The number of nitrogens with zero attached hydrogens (tertiary/aromatic N) is 3. The Morgan fingerprint density at radius 1 is 1.24 bits per heavy atom. The lowest BCUT2D eigenvalue weighted by molar-refractivity contribution is -0.384. The van der Waals surface area contributed by atoms with Gasteiger partial charge in [-0.05, 0) is 18.2 Å². The first kappa shape index (κ1) is 16.6. The summed E-state index contributed by atoms with van der Waals surface area (Å²) in [6, 6.07) is 10.5. The molecule has 0 aliphatic heterocycles. The molecule has 0 fully saturated rings. The average molecular weight is 359 g/mol. The summed E-state index contributed by atoms with van der Waals surface area (Å²) in [5.41, 5.74) is -0.414. The quantitative estimate of drug-likeness (QED) is 0.572. The van der Waals surface area contributed by atoms with Crippen LogP contribution in [0, 0.1) is 10.1 Å². The Balaban J connectivity index is 2.04. The number of halogens is 1. The first-order valence-electron chi connectivity index (χ1n) is 7.10. The van der Waals surface area contributed by atoms with Crippen LogP contribution in [0.1, 0.15) is 10.5 Å². The zero-order chi connectivity index (χ0) is 18.1. The van der Waals surface area contributed by atoms with Crippen molar-refractivity contribution in [1.82, 2.24) is 9.78 Å². The largest absolute Gasteiger partial charge is 0.320 e. The molecule has 0 aliphatic carbocycles. The Bertz CT molecular complexity index is 1080. The fraction of sp³-hybridized carbons (Fsp3) is 0.0625. The Hall–Kier alpha value is -3.26. The van der Waals surface area contributed by atoms with Crippen LogP contribution < -0.4 is 10.9 Å². The van der Waals surface area contributed by atoms with Crippen molar-refractivity contribution in [2.24, 2.45) is 7.05 Å². The molecule has 0 saturated heterocycles. The number of rotatable bonds is 3. The lowest BCUT2D eigenvalue weighted by Crippen LogP contribution is -2.25. The number of nitro groups is 1. The molecule has 25 heavy (non-hydrogen) atoms. The molecule has 0 bridgehead atoms. The van der Waals surface area contributed by atoms with Crippen LogP contribution in [0.25, 0.3) is 10.8 Å². The van der Waals surface area contributed by atoms with E-state index in [0.29, 0.717) is 10.8 Å². The fourth-order valence-corrected chi connectivity index (χ4v) is 2.57. The fourth-order valence-electron chi connectivity index (χ4n) is 2.39. The van der Waals surface area contributed by atoms with Gasteiger partial charge in [-0.3, -0.25) is 19.7 Å². The van der Waals surface area contributed by atoms with Crippen LogP contribution in [0.4, 0.5) is 11.4 Å². The number of carbonyl (C=O) groups is 1. The Morgan fingerprint density at radius 3 is 2.60 bits per heavy atom. The van der Waals surface area contributed by atoms with Crippen LogP contribution in [0.2, 0.25) is 5.02 Å². The molecular formula is C16H11ClN4O4. The third-order valence-electron chi connectivity index (χ3n) is 3.57. The van der Waals surface area contributed by atoms with E-state index in [0.717, 1.165) is 10.7 Å². The number of aryl methyl sites for hydroxylation is 1. The van der Waals surface area contributed by atoms with Gasteiger partial charge < -0.3 is 5.32 Å². The molecule has 1 aromatic heterocycles. The minimum atomic E-state index is -0.641. The van der Waals surface area contributed by atoms with E-state index in [-0.39, 0.29) is 27.7 Å². The lowest BCUT2D eigenvalue weighted by Gasteiger charge is -2.09. The van der Waals surface area contributed by atoms with Gasteiger partial charge in [0.2, 0.25) is 0 Å². The number of nitrogens with one attached hydrogen (secondary N) is 1. The molecule has 126 valence electrons. The summed E-state index contributed by atoms with van der Waals surface area (Å²) in [5.74, 6) is -0.594. The van der Waals surface area contributed by atoms with Gasteiger partial charge in [-0.1, -0.05) is 29.8 Å². The predicted molar refractivity (Wildman–Crippen MR) is 93.0 cm³/mol. The number of anilines is 1. The zero-order valence-corrected chi connectivity index (χ0v) is 13.6. The van der Waals surface area contributed by atoms with E-state index in [2.05, 4.69) is 10.4 Å². The highest BCUT2D eigenvalue weighted by molar-refractivity contribution is 6.32. The third-order valence-corrected chi connectivity index (χ3v) is 3.89. The van der Waals surface area contributed by atoms with Gasteiger partial charge in [0, 0.05) is 24.2 Å². The highest BCUT2D eigenvalue weighted by Gasteiger charge is 2.18. The molecule has 0 unspecified atom stereocenters. The van der Waals surface area contributed by atoms with Crippen molar-refractivity contribution in [3.63, 3.8) is 0 Å². The maximum atomic E-state index is 12.6. The van der Waals surface area contributed by atoms with Crippen LogP contribution in [-0.4, -0.2) is 20.6 Å². The molecular weight excluding hydrogens is 348 g/mol. The third kappa shape index (κ3) is 3.07. The number of aromatic nitrogens is 2. The first-order valence-corrected chi connectivity index (χ1v) is 7.47. The van der Waals surface area contributed by atoms with Crippen molar-refractivity contribution in [3.05, 3.63) is 73.6 Å². The molecule has 1 heterocycles. The number of carbonyl (C=O) groups excluding carboxylic acids is 1. The van der Waals surface area contributed by atoms with E-state index < -0.39 is 10.8 Å². The SMILES string of the molecule is Cn1nc(C(=O)Nc2ccc(Cl)c([N+](=O)[O-])c2)c2ccccc2c1=O. The highest BCUT2D eigenvalue weighted by Crippen LogP contribution is 2.27. The van der Waals surface area contributed by atoms with Gasteiger partial charge >= 0.3 is 0 Å². The summed E-state index contributed by atoms with van der Waals surface area (Å²) in [4.78, 5) is 35.0. The van der Waals surface area contributed by atoms with Gasteiger partial charge in [-0.15, -0.1) is 0 Å². The van der Waals surface area contributed by atoms with Crippen LogP contribution >= 0.6 is 11.6 Å². The van der Waals surface area contributed by atoms with E-state index in [1.807, 2.05) is 0 Å². The Morgan fingerprint density at radius 2 is 1.92 bits per heavy atom. The summed E-state index contributed by atoms with van der Waals surface area (Å²) in [7, 11) is 1.44. The predicted octanol–water partition coefficient (Wildman–Crippen LogP) is 2.75. The summed E-state index contributed by atoms with van der Waals surface area (Å²) < 4.78 is 1.07. The van der Waals surface area contributed by atoms with Crippen molar-refractivity contribution >= 4 is 39.7 Å². The number of hydrogen-bond acceptors (Lipinski definition) is 5. The molecule has 8 nitrogen and oxygen atoms in total. The first-order chi connectivity index (χ1) is 11.9. The molecule has 0 atom stereocenters. The molecule has 1 N–H and O–H groups in total. The molecule has 0 spiro atoms. The number of benzene rings is 2. The second-order valence-corrected chi connectivity index (χ2v) is 5.61. The maximum Gasteiger partial charge on any atom is 0.289 e. The lowest BCUT2D eigenvalue weighted by atomic mass is 10.1. The summed E-state index contributed by atoms with van der Waals surface area (Å²) in [6.07, 6.45) is 0. The standard InChI is InChI=1S/C16H11ClN4O4/c1-20-16(23)11-5-3-2-4-10(11)14(19-20)15(22)18-9-6-7-12(17)13(8-9)21(24)25/h2-8H,1H3,(H,18,22). The Labute approximate surface area is 145 Å². The van der Waals surface area contributed by atoms with E-state index in [1.54, 1.807) is 24.3 Å². The van der Waals surface area contributed by atoms with E-state index in [9.17, 15) is 19.7 Å². The molecule has 1 amide bonds. The summed E-state index contributed by atoms with van der Waals surface area (Å²) in [5, 5.41) is 18.2. The number of fused-ring (bicyclic) bond motifs is 1. The van der Waals surface area contributed by atoms with E-state index in [1.165, 1.54) is 19.2 Å². The van der Waals surface area contributed by atoms with E-state index in [4.69, 9.17) is 11.6 Å². The number of amides is 1. The molecule has 0 radical (unpaired) electrons. The maximum absolute atomic E-state index is 12.6. The van der Waals surface area contributed by atoms with Gasteiger partial charge in [0.1, 0.15) is 5.02 Å². The molecule has 3 aromatic rings. The van der Waals surface area contributed by atoms with Crippen molar-refractivity contribution < 1.29 is 9.72 Å². The van der Waals surface area contributed by atoms with Crippen molar-refractivity contribution in [3.8, 4) is 0 Å². The minimum absolute atomic E-state index is 0.0336. The molecule has 0 saturated carbocycles. The average Bonchev–Trinajstić information content (AvgIpc) is 2.59. The molecule has 3 rings (SSSR count). The van der Waals surface area contributed by atoms with Crippen molar-refractivity contribution in [2.45, 2.75) is 0 Å². The van der Waals surface area contributed by atoms with Gasteiger partial charge in [-0.25, -0.2) is 4.68 Å². The normalized spacial score (nSPS) is 10.6. The number of nitro benzene ring substituents is 1. The van der Waals surface area contributed by atoms with Gasteiger partial charge in [-0.2, -0.15) is 5.10 Å². The van der Waals surface area contributed by atoms with Crippen LogP contribution in [0.5, 0.6) is 0 Å². The van der Waals surface area contributed by atoms with Gasteiger partial charge in [0.25, 0.3) is 17.2 Å². The second kappa shape index (κ2) is 6.33. The topological polar surface area (TPSA) is 107 Å². The monoisotopic (exact) mass is 358 g/mol. The summed E-state index contributed by atoms with van der Waals surface area (Å²) >= 11 is 5.76. The Kier molecular flexibility index (Phi) is 4.20.